The molecule has 1 saturated heterocycles. The first-order chi connectivity index (χ1) is 16.1. The second-order valence-corrected chi connectivity index (χ2v) is 11.6. The summed E-state index contributed by atoms with van der Waals surface area (Å²) >= 11 is 0. The van der Waals surface area contributed by atoms with E-state index in [0.717, 1.165) is 6.08 Å². The van der Waals surface area contributed by atoms with Crippen molar-refractivity contribution in [1.82, 2.24) is 0 Å². The van der Waals surface area contributed by atoms with Crippen LogP contribution in [-0.4, -0.2) is 64.7 Å². The number of allylic oxidation sites excluding steroid dienone is 4. The number of ether oxygens (including phenoxy) is 3. The van der Waals surface area contributed by atoms with Gasteiger partial charge in [0, 0.05) is 23.7 Å². The van der Waals surface area contributed by atoms with Crippen LogP contribution in [0.2, 0.25) is 0 Å². The molecule has 9 atom stereocenters. The molecule has 1 aliphatic heterocycles. The molecule has 0 bridgehead atoms. The molecule has 0 radical (unpaired) electrons. The second kappa shape index (κ2) is 7.29. The average Bonchev–Trinajstić information content (AvgIpc) is 3.16. The average molecular weight is 495 g/mol. The summed E-state index contributed by atoms with van der Waals surface area (Å²) < 4.78 is 50.3. The standard InChI is InChI=1S/C26H32F2O7/c1-13(29)33-12-20(32)26-21(34-22(2,3)35-26)10-15-16-9-18(27)17-8-14(30)6-7-23(17,4)25(16,28)19(31)11-24(15,26)5/h6-8,15-16,18-19,21,31H,9-12H2,1-5H3/t15-,16-,18-,19-,21-,23-,24-,25-,26+/m0/s1. The van der Waals surface area contributed by atoms with E-state index in [9.17, 15) is 19.5 Å². The maximum absolute atomic E-state index is 17.3. The Balaban J connectivity index is 1.62. The van der Waals surface area contributed by atoms with Crippen molar-refractivity contribution >= 4 is 17.5 Å². The van der Waals surface area contributed by atoms with Gasteiger partial charge in [-0.2, -0.15) is 0 Å². The minimum Gasteiger partial charge on any atom is -0.458 e. The third-order valence-corrected chi connectivity index (χ3v) is 9.44. The molecule has 192 valence electrons. The second-order valence-electron chi connectivity index (χ2n) is 11.6. The number of carbonyl (C=O) groups excluding carboxylic acids is 3. The predicted octanol–water partition coefficient (Wildman–Crippen LogP) is 2.94. The van der Waals surface area contributed by atoms with Crippen LogP contribution < -0.4 is 0 Å². The zero-order chi connectivity index (χ0) is 25.8. The first kappa shape index (κ1) is 24.7. The molecule has 7 nitrogen and oxygen atoms in total. The van der Waals surface area contributed by atoms with Crippen molar-refractivity contribution in [2.24, 2.45) is 22.7 Å². The Bertz CT molecular complexity index is 1070. The Morgan fingerprint density at radius 3 is 2.54 bits per heavy atom. The number of hydrogen-bond donors (Lipinski definition) is 1. The monoisotopic (exact) mass is 494 g/mol. The van der Waals surface area contributed by atoms with Gasteiger partial charge in [-0.3, -0.25) is 14.4 Å². The highest BCUT2D eigenvalue weighted by atomic mass is 19.1. The Morgan fingerprint density at radius 2 is 1.89 bits per heavy atom. The van der Waals surface area contributed by atoms with Crippen molar-refractivity contribution in [2.45, 2.75) is 89.3 Å². The largest absolute Gasteiger partial charge is 0.458 e. The Labute approximate surface area is 202 Å². The van der Waals surface area contributed by atoms with Crippen LogP contribution in [0, 0.1) is 22.7 Å². The molecular weight excluding hydrogens is 462 g/mol. The van der Waals surface area contributed by atoms with Gasteiger partial charge < -0.3 is 19.3 Å². The first-order valence-corrected chi connectivity index (χ1v) is 12.1. The normalized spacial score (nSPS) is 49.4. The van der Waals surface area contributed by atoms with Gasteiger partial charge in [0.1, 0.15) is 6.17 Å². The lowest BCUT2D eigenvalue weighted by Gasteiger charge is -2.63. The van der Waals surface area contributed by atoms with E-state index < -0.39 is 82.2 Å². The number of fused-ring (bicyclic) bond motifs is 7. The molecule has 4 aliphatic carbocycles. The smallest absolute Gasteiger partial charge is 0.303 e. The number of halogens is 2. The van der Waals surface area contributed by atoms with Crippen LogP contribution in [0.1, 0.15) is 53.9 Å². The van der Waals surface area contributed by atoms with Gasteiger partial charge in [0.2, 0.25) is 5.78 Å². The highest BCUT2D eigenvalue weighted by molar-refractivity contribution is 6.01. The number of esters is 1. The molecule has 0 aromatic carbocycles. The van der Waals surface area contributed by atoms with Crippen LogP contribution in [0.4, 0.5) is 8.78 Å². The van der Waals surface area contributed by atoms with Gasteiger partial charge in [0.15, 0.2) is 29.4 Å². The quantitative estimate of drug-likeness (QED) is 0.603. The van der Waals surface area contributed by atoms with Gasteiger partial charge >= 0.3 is 5.97 Å². The van der Waals surface area contributed by atoms with E-state index in [2.05, 4.69) is 0 Å². The molecule has 9 heteroatoms. The summed E-state index contributed by atoms with van der Waals surface area (Å²) in [6, 6.07) is 0. The van der Waals surface area contributed by atoms with E-state index in [4.69, 9.17) is 14.2 Å². The lowest BCUT2D eigenvalue weighted by Crippen LogP contribution is -2.71. The SMILES string of the molecule is CC(=O)OCC(=O)[C@@]12OC(C)(C)O[C@H]1C[C@H]1[C@@H]3C[C@H](F)C4=CC(=O)C=C[C@]4(C)[C@@]3(F)[C@@H](O)C[C@@]12C. The Kier molecular flexibility index (Phi) is 5.15. The molecule has 1 heterocycles. The molecule has 0 aromatic heterocycles. The summed E-state index contributed by atoms with van der Waals surface area (Å²) in [5.74, 6) is -4.23. The van der Waals surface area contributed by atoms with Crippen molar-refractivity contribution in [1.29, 1.82) is 0 Å². The summed E-state index contributed by atoms with van der Waals surface area (Å²) in [5, 5.41) is 11.5. The lowest BCUT2D eigenvalue weighted by atomic mass is 9.44. The third-order valence-electron chi connectivity index (χ3n) is 9.44. The number of aliphatic hydroxyl groups excluding tert-OH is 1. The number of ketones is 2. The number of Topliss-reactive ketones (excluding diaryl/α,β-unsaturated/α-hetero) is 1. The van der Waals surface area contributed by atoms with E-state index in [0.29, 0.717) is 0 Å². The zero-order valence-electron chi connectivity index (χ0n) is 20.6. The molecule has 0 aromatic rings. The summed E-state index contributed by atoms with van der Waals surface area (Å²) in [6.45, 7) is 7.28. The van der Waals surface area contributed by atoms with E-state index in [1.807, 2.05) is 0 Å². The Hall–Kier alpha value is -1.97. The molecule has 0 amide bonds. The molecule has 0 unspecified atom stereocenters. The minimum atomic E-state index is -2.27. The molecule has 35 heavy (non-hydrogen) atoms. The van der Waals surface area contributed by atoms with Crippen molar-refractivity contribution in [3.63, 3.8) is 0 Å². The van der Waals surface area contributed by atoms with Crippen molar-refractivity contribution in [3.8, 4) is 0 Å². The van der Waals surface area contributed by atoms with Crippen molar-refractivity contribution in [2.75, 3.05) is 6.61 Å². The lowest BCUT2D eigenvalue weighted by molar-refractivity contribution is -0.249. The molecule has 1 N–H and O–H groups in total. The van der Waals surface area contributed by atoms with Crippen LogP contribution in [0.25, 0.3) is 0 Å². The molecular formula is C26H32F2O7. The Morgan fingerprint density at radius 1 is 1.20 bits per heavy atom. The predicted molar refractivity (Wildman–Crippen MR) is 118 cm³/mol. The maximum Gasteiger partial charge on any atom is 0.303 e. The van der Waals surface area contributed by atoms with Crippen LogP contribution in [0.15, 0.2) is 23.8 Å². The summed E-state index contributed by atoms with van der Waals surface area (Å²) in [7, 11) is 0. The number of carbonyl (C=O) groups is 3. The topological polar surface area (TPSA) is 99.1 Å². The number of aliphatic hydroxyl groups is 1. The fourth-order valence-electron chi connectivity index (χ4n) is 8.08. The molecule has 5 aliphatic rings. The highest BCUT2D eigenvalue weighted by Crippen LogP contribution is 2.72. The van der Waals surface area contributed by atoms with Gasteiger partial charge in [0.25, 0.3) is 0 Å². The van der Waals surface area contributed by atoms with Gasteiger partial charge in [-0.15, -0.1) is 0 Å². The maximum atomic E-state index is 17.3. The van der Waals surface area contributed by atoms with Crippen LogP contribution in [-0.2, 0) is 28.6 Å². The van der Waals surface area contributed by atoms with E-state index >= 15 is 8.78 Å². The van der Waals surface area contributed by atoms with Gasteiger partial charge in [0.05, 0.1) is 12.2 Å². The number of rotatable bonds is 3. The van der Waals surface area contributed by atoms with Crippen LogP contribution in [0.5, 0.6) is 0 Å². The van der Waals surface area contributed by atoms with Gasteiger partial charge in [-0.25, -0.2) is 8.78 Å². The van der Waals surface area contributed by atoms with Crippen molar-refractivity contribution < 1.29 is 42.5 Å². The van der Waals surface area contributed by atoms with E-state index in [-0.39, 0.29) is 24.8 Å². The molecule has 3 saturated carbocycles. The molecule has 0 spiro atoms. The summed E-state index contributed by atoms with van der Waals surface area (Å²) in [5.41, 5.74) is -6.46. The summed E-state index contributed by atoms with van der Waals surface area (Å²) in [4.78, 5) is 37.1. The van der Waals surface area contributed by atoms with Crippen molar-refractivity contribution in [3.05, 3.63) is 23.8 Å². The molecule has 4 fully saturated rings. The molecule has 5 rings (SSSR count). The zero-order valence-corrected chi connectivity index (χ0v) is 20.6. The fraction of sp³-hybridized carbons (Fsp3) is 0.731. The van der Waals surface area contributed by atoms with Gasteiger partial charge in [-0.05, 0) is 63.7 Å². The van der Waals surface area contributed by atoms with E-state index in [1.54, 1.807) is 20.8 Å². The number of alkyl halides is 2. The highest BCUT2D eigenvalue weighted by Gasteiger charge is 2.80. The number of hydrogen-bond acceptors (Lipinski definition) is 7. The first-order valence-electron chi connectivity index (χ1n) is 12.1. The van der Waals surface area contributed by atoms with Gasteiger partial charge in [-0.1, -0.05) is 13.0 Å². The van der Waals surface area contributed by atoms with Crippen LogP contribution in [0.3, 0.4) is 0 Å². The minimum absolute atomic E-state index is 0.0406. The van der Waals surface area contributed by atoms with Crippen LogP contribution >= 0.6 is 0 Å². The van der Waals surface area contributed by atoms with E-state index in [1.165, 1.54) is 26.0 Å². The summed E-state index contributed by atoms with van der Waals surface area (Å²) in [6.07, 6.45) is -0.345. The third kappa shape index (κ3) is 2.95. The fourth-order valence-corrected chi connectivity index (χ4v) is 8.08.